The first-order chi connectivity index (χ1) is 9.67. The number of amides is 1. The normalized spacial score (nSPS) is 11.2. The Hall–Kier alpha value is -1.77. The maximum Gasteiger partial charge on any atom is 0.223 e. The molecule has 2 rings (SSSR count). The molecule has 0 aliphatic rings. The molecule has 3 heteroatoms. The van der Waals surface area contributed by atoms with Crippen LogP contribution in [0.25, 0.3) is 10.9 Å². The number of carbonyl (C=O) groups excluding carboxylic acids is 1. The second-order valence-corrected chi connectivity index (χ2v) is 5.33. The monoisotopic (exact) mass is 272 g/mol. The number of hydrogen-bond donors (Lipinski definition) is 2. The first-order valence-corrected chi connectivity index (χ1v) is 7.51. The zero-order valence-electron chi connectivity index (χ0n) is 12.6. The van der Waals surface area contributed by atoms with E-state index in [1.165, 1.54) is 22.2 Å². The molecule has 2 aromatic rings. The number of para-hydroxylation sites is 1. The van der Waals surface area contributed by atoms with Crippen molar-refractivity contribution in [1.82, 2.24) is 10.3 Å². The van der Waals surface area contributed by atoms with Gasteiger partial charge in [-0.2, -0.15) is 0 Å². The molecule has 0 radical (unpaired) electrons. The molecule has 20 heavy (non-hydrogen) atoms. The lowest BCUT2D eigenvalue weighted by Crippen LogP contribution is -2.31. The van der Waals surface area contributed by atoms with Gasteiger partial charge in [0.15, 0.2) is 0 Å². The lowest BCUT2D eigenvalue weighted by Gasteiger charge is -2.12. The van der Waals surface area contributed by atoms with Gasteiger partial charge in [-0.3, -0.25) is 4.79 Å². The molecule has 108 valence electrons. The lowest BCUT2D eigenvalue weighted by atomic mass is 10.0. The molecule has 0 unspecified atom stereocenters. The molecule has 0 aliphatic heterocycles. The summed E-state index contributed by atoms with van der Waals surface area (Å²) in [4.78, 5) is 15.4. The van der Waals surface area contributed by atoms with Gasteiger partial charge in [-0.1, -0.05) is 32.0 Å². The summed E-state index contributed by atoms with van der Waals surface area (Å²) >= 11 is 0. The molecule has 0 aliphatic carbocycles. The predicted octanol–water partition coefficient (Wildman–Crippen LogP) is 3.57. The zero-order chi connectivity index (χ0) is 14.5. The predicted molar refractivity (Wildman–Crippen MR) is 83.8 cm³/mol. The molecule has 1 amide bonds. The number of aromatic amines is 1. The van der Waals surface area contributed by atoms with Crippen molar-refractivity contribution in [2.24, 2.45) is 5.92 Å². The summed E-state index contributed by atoms with van der Waals surface area (Å²) < 4.78 is 0. The summed E-state index contributed by atoms with van der Waals surface area (Å²) in [7, 11) is 0. The summed E-state index contributed by atoms with van der Waals surface area (Å²) in [6.07, 6.45) is 2.70. The third-order valence-corrected chi connectivity index (χ3v) is 4.06. The van der Waals surface area contributed by atoms with Crippen molar-refractivity contribution < 1.29 is 4.79 Å². The smallest absolute Gasteiger partial charge is 0.223 e. The average Bonchev–Trinajstić information content (AvgIpc) is 2.76. The van der Waals surface area contributed by atoms with Crippen LogP contribution in [0.2, 0.25) is 0 Å². The van der Waals surface area contributed by atoms with E-state index in [0.717, 1.165) is 19.3 Å². The van der Waals surface area contributed by atoms with E-state index in [0.29, 0.717) is 6.54 Å². The highest BCUT2D eigenvalue weighted by molar-refractivity contribution is 5.84. The second kappa shape index (κ2) is 6.60. The maximum atomic E-state index is 12.0. The highest BCUT2D eigenvalue weighted by Crippen LogP contribution is 2.21. The Morgan fingerprint density at radius 2 is 1.95 bits per heavy atom. The van der Waals surface area contributed by atoms with E-state index in [1.54, 1.807) is 0 Å². The number of aryl methyl sites for hydroxylation is 1. The SMILES string of the molecule is CCC(CC)C(=O)NCCc1c(C)[nH]c2ccccc12. The number of benzene rings is 1. The van der Waals surface area contributed by atoms with Gasteiger partial charge in [-0.05, 0) is 37.8 Å². The van der Waals surface area contributed by atoms with Crippen molar-refractivity contribution in [2.75, 3.05) is 6.54 Å². The largest absolute Gasteiger partial charge is 0.358 e. The van der Waals surface area contributed by atoms with Crippen LogP contribution in [0.3, 0.4) is 0 Å². The number of H-pyrrole nitrogens is 1. The Balaban J connectivity index is 2.00. The number of fused-ring (bicyclic) bond motifs is 1. The molecule has 0 fully saturated rings. The van der Waals surface area contributed by atoms with Crippen LogP contribution in [-0.2, 0) is 11.2 Å². The number of carbonyl (C=O) groups is 1. The Labute approximate surface area is 120 Å². The van der Waals surface area contributed by atoms with E-state index in [1.807, 2.05) is 6.07 Å². The maximum absolute atomic E-state index is 12.0. The van der Waals surface area contributed by atoms with Crippen molar-refractivity contribution in [3.63, 3.8) is 0 Å². The molecule has 3 nitrogen and oxygen atoms in total. The van der Waals surface area contributed by atoms with Crippen LogP contribution in [0.5, 0.6) is 0 Å². The van der Waals surface area contributed by atoms with E-state index in [9.17, 15) is 4.79 Å². The molecule has 1 aromatic carbocycles. The fourth-order valence-corrected chi connectivity index (χ4v) is 2.77. The quantitative estimate of drug-likeness (QED) is 0.829. The summed E-state index contributed by atoms with van der Waals surface area (Å²) in [6.45, 7) is 6.94. The molecule has 1 aromatic heterocycles. The molecular formula is C17H24N2O. The standard InChI is InChI=1S/C17H24N2O/c1-4-13(5-2)17(20)18-11-10-14-12(3)19-16-9-7-6-8-15(14)16/h6-9,13,19H,4-5,10-11H2,1-3H3,(H,18,20). The number of hydrogen-bond acceptors (Lipinski definition) is 1. The average molecular weight is 272 g/mol. The zero-order valence-corrected chi connectivity index (χ0v) is 12.6. The van der Waals surface area contributed by atoms with Crippen LogP contribution in [0.15, 0.2) is 24.3 Å². The molecule has 0 atom stereocenters. The van der Waals surface area contributed by atoms with Gasteiger partial charge in [0.05, 0.1) is 0 Å². The van der Waals surface area contributed by atoms with Gasteiger partial charge >= 0.3 is 0 Å². The number of rotatable bonds is 6. The van der Waals surface area contributed by atoms with Crippen molar-refractivity contribution in [3.8, 4) is 0 Å². The Kier molecular flexibility index (Phi) is 4.83. The van der Waals surface area contributed by atoms with Crippen LogP contribution in [0.1, 0.15) is 37.9 Å². The first kappa shape index (κ1) is 14.6. The van der Waals surface area contributed by atoms with Crippen molar-refractivity contribution in [3.05, 3.63) is 35.5 Å². The van der Waals surface area contributed by atoms with Crippen LogP contribution in [0.4, 0.5) is 0 Å². The first-order valence-electron chi connectivity index (χ1n) is 7.51. The second-order valence-electron chi connectivity index (χ2n) is 5.33. The molecule has 1 heterocycles. The number of nitrogens with one attached hydrogen (secondary N) is 2. The van der Waals surface area contributed by atoms with E-state index in [-0.39, 0.29) is 11.8 Å². The lowest BCUT2D eigenvalue weighted by molar-refractivity contribution is -0.125. The topological polar surface area (TPSA) is 44.9 Å². The van der Waals surface area contributed by atoms with Gasteiger partial charge in [-0.15, -0.1) is 0 Å². The van der Waals surface area contributed by atoms with E-state index in [2.05, 4.69) is 49.3 Å². The third kappa shape index (κ3) is 3.03. The highest BCUT2D eigenvalue weighted by Gasteiger charge is 2.14. The molecule has 2 N–H and O–H groups in total. The Morgan fingerprint density at radius 1 is 1.25 bits per heavy atom. The molecular weight excluding hydrogens is 248 g/mol. The van der Waals surface area contributed by atoms with Gasteiger partial charge in [0.25, 0.3) is 0 Å². The van der Waals surface area contributed by atoms with Crippen LogP contribution in [-0.4, -0.2) is 17.4 Å². The molecule has 0 saturated heterocycles. The molecule has 0 bridgehead atoms. The minimum absolute atomic E-state index is 0.152. The highest BCUT2D eigenvalue weighted by atomic mass is 16.1. The van der Waals surface area contributed by atoms with E-state index < -0.39 is 0 Å². The van der Waals surface area contributed by atoms with Gasteiger partial charge < -0.3 is 10.3 Å². The van der Waals surface area contributed by atoms with E-state index in [4.69, 9.17) is 0 Å². The van der Waals surface area contributed by atoms with Gasteiger partial charge in [0.1, 0.15) is 0 Å². The molecule has 0 saturated carbocycles. The van der Waals surface area contributed by atoms with Crippen LogP contribution in [0, 0.1) is 12.8 Å². The Morgan fingerprint density at radius 3 is 2.65 bits per heavy atom. The summed E-state index contributed by atoms with van der Waals surface area (Å²) in [5, 5.41) is 4.33. The van der Waals surface area contributed by atoms with Crippen molar-refractivity contribution in [1.29, 1.82) is 0 Å². The van der Waals surface area contributed by atoms with Gasteiger partial charge in [0, 0.05) is 29.1 Å². The molecule has 0 spiro atoms. The summed E-state index contributed by atoms with van der Waals surface area (Å²) in [5.41, 5.74) is 3.68. The van der Waals surface area contributed by atoms with Crippen molar-refractivity contribution >= 4 is 16.8 Å². The van der Waals surface area contributed by atoms with Crippen LogP contribution < -0.4 is 5.32 Å². The van der Waals surface area contributed by atoms with Gasteiger partial charge in [0.2, 0.25) is 5.91 Å². The number of aromatic nitrogens is 1. The Bertz CT molecular complexity index is 582. The van der Waals surface area contributed by atoms with Crippen molar-refractivity contribution in [2.45, 2.75) is 40.0 Å². The van der Waals surface area contributed by atoms with E-state index >= 15 is 0 Å². The summed E-state index contributed by atoms with van der Waals surface area (Å²) in [5.74, 6) is 0.339. The summed E-state index contributed by atoms with van der Waals surface area (Å²) in [6, 6.07) is 8.32. The fourth-order valence-electron chi connectivity index (χ4n) is 2.77. The minimum atomic E-state index is 0.152. The fraction of sp³-hybridized carbons (Fsp3) is 0.471. The minimum Gasteiger partial charge on any atom is -0.358 e. The third-order valence-electron chi connectivity index (χ3n) is 4.06. The van der Waals surface area contributed by atoms with Crippen LogP contribution >= 0.6 is 0 Å². The van der Waals surface area contributed by atoms with Gasteiger partial charge in [-0.25, -0.2) is 0 Å².